The Bertz CT molecular complexity index is 860. The highest BCUT2D eigenvalue weighted by molar-refractivity contribution is 14.0. The highest BCUT2D eigenvalue weighted by Gasteiger charge is 2.23. The van der Waals surface area contributed by atoms with Crippen molar-refractivity contribution in [1.82, 2.24) is 25.3 Å². The molecule has 1 aliphatic heterocycles. The third-order valence-electron chi connectivity index (χ3n) is 5.74. The summed E-state index contributed by atoms with van der Waals surface area (Å²) in [6, 6.07) is 10.9. The molecule has 7 nitrogen and oxygen atoms in total. The average molecular weight is 555 g/mol. The summed E-state index contributed by atoms with van der Waals surface area (Å²) < 4.78 is 7.54. The Kier molecular flexibility index (Phi) is 10.9. The van der Waals surface area contributed by atoms with Crippen molar-refractivity contribution in [3.8, 4) is 5.69 Å². The molecule has 1 aromatic carbocycles. The molecule has 8 heteroatoms. The molecular formula is C24H39IN6O. The Hall–Kier alpha value is -1.65. The van der Waals surface area contributed by atoms with Crippen molar-refractivity contribution < 1.29 is 4.74 Å². The molecule has 1 unspecified atom stereocenters. The summed E-state index contributed by atoms with van der Waals surface area (Å²) >= 11 is 0. The first-order valence-electron chi connectivity index (χ1n) is 11.4. The Morgan fingerprint density at radius 1 is 1.16 bits per heavy atom. The molecule has 1 aliphatic rings. The first-order valence-corrected chi connectivity index (χ1v) is 11.4. The van der Waals surface area contributed by atoms with Gasteiger partial charge in [-0.3, -0.25) is 4.90 Å². The molecule has 0 aliphatic carbocycles. The number of para-hydroxylation sites is 1. The van der Waals surface area contributed by atoms with Gasteiger partial charge in [-0.25, -0.2) is 9.67 Å². The fraction of sp³-hybridized carbons (Fsp3) is 0.583. The first kappa shape index (κ1) is 26.6. The van der Waals surface area contributed by atoms with Crippen LogP contribution in [0, 0.1) is 19.8 Å². The molecule has 32 heavy (non-hydrogen) atoms. The second-order valence-electron chi connectivity index (χ2n) is 8.50. The number of hydrogen-bond donors (Lipinski definition) is 2. The maximum Gasteiger partial charge on any atom is 0.191 e. The van der Waals surface area contributed by atoms with Crippen LogP contribution in [-0.2, 0) is 11.3 Å². The minimum absolute atomic E-state index is 0. The normalized spacial score (nSPS) is 16.0. The summed E-state index contributed by atoms with van der Waals surface area (Å²) in [6.45, 7) is 16.7. The fourth-order valence-electron chi connectivity index (χ4n) is 4.13. The topological polar surface area (TPSA) is 66.7 Å². The van der Waals surface area contributed by atoms with E-state index < -0.39 is 0 Å². The number of nitrogens with zero attached hydrogens (tertiary/aromatic N) is 4. The monoisotopic (exact) mass is 554 g/mol. The van der Waals surface area contributed by atoms with Crippen LogP contribution >= 0.6 is 24.0 Å². The van der Waals surface area contributed by atoms with Crippen molar-refractivity contribution in [2.24, 2.45) is 10.9 Å². The molecule has 1 fully saturated rings. The smallest absolute Gasteiger partial charge is 0.191 e. The van der Waals surface area contributed by atoms with Crippen LogP contribution < -0.4 is 10.6 Å². The lowest BCUT2D eigenvalue weighted by atomic mass is 10.0. The molecule has 2 N–H and O–H groups in total. The second kappa shape index (κ2) is 13.2. The highest BCUT2D eigenvalue weighted by atomic mass is 127. The van der Waals surface area contributed by atoms with E-state index in [0.717, 1.165) is 68.0 Å². The number of benzene rings is 1. The summed E-state index contributed by atoms with van der Waals surface area (Å²) in [7, 11) is 0. The quantitative estimate of drug-likeness (QED) is 0.297. The van der Waals surface area contributed by atoms with Gasteiger partial charge in [0.05, 0.1) is 31.1 Å². The van der Waals surface area contributed by atoms with E-state index in [2.05, 4.69) is 78.7 Å². The summed E-state index contributed by atoms with van der Waals surface area (Å²) in [5.74, 6) is 1.41. The zero-order valence-corrected chi connectivity index (χ0v) is 22.4. The lowest BCUT2D eigenvalue weighted by molar-refractivity contribution is 0.00752. The van der Waals surface area contributed by atoms with Crippen molar-refractivity contribution in [3.63, 3.8) is 0 Å². The lowest BCUT2D eigenvalue weighted by Gasteiger charge is -2.37. The molecule has 0 radical (unpaired) electrons. The number of morpholine rings is 1. The second-order valence-corrected chi connectivity index (χ2v) is 8.50. The molecule has 1 saturated heterocycles. The number of guanidine groups is 1. The van der Waals surface area contributed by atoms with E-state index in [1.807, 2.05) is 11.6 Å². The van der Waals surface area contributed by atoms with Gasteiger partial charge in [0.15, 0.2) is 5.96 Å². The van der Waals surface area contributed by atoms with Crippen molar-refractivity contribution >= 4 is 29.9 Å². The lowest BCUT2D eigenvalue weighted by Crippen LogP contribution is -2.52. The number of halogens is 1. The number of aliphatic imine (C=N–C) groups is 1. The van der Waals surface area contributed by atoms with E-state index in [0.29, 0.717) is 18.5 Å². The van der Waals surface area contributed by atoms with E-state index >= 15 is 0 Å². The molecule has 0 spiro atoms. The number of rotatable bonds is 8. The fourth-order valence-corrected chi connectivity index (χ4v) is 4.13. The van der Waals surface area contributed by atoms with Gasteiger partial charge in [-0.1, -0.05) is 32.0 Å². The summed E-state index contributed by atoms with van der Waals surface area (Å²) in [4.78, 5) is 7.42. The number of nitrogens with one attached hydrogen (secondary N) is 2. The molecule has 1 aromatic heterocycles. The van der Waals surface area contributed by atoms with Gasteiger partial charge < -0.3 is 15.4 Å². The SMILES string of the molecule is CCNC(=NCc1ccccc1-n1nc(C)cc1C)NCC(C(C)C)N1CCOCC1.I. The van der Waals surface area contributed by atoms with Gasteiger partial charge in [-0.05, 0) is 44.4 Å². The van der Waals surface area contributed by atoms with Crippen LogP contribution in [0.25, 0.3) is 5.69 Å². The summed E-state index contributed by atoms with van der Waals surface area (Å²) in [5.41, 5.74) is 4.39. The number of aromatic nitrogens is 2. The third kappa shape index (κ3) is 7.18. The van der Waals surface area contributed by atoms with Crippen LogP contribution in [0.1, 0.15) is 37.7 Å². The van der Waals surface area contributed by atoms with Crippen molar-refractivity contribution in [2.75, 3.05) is 39.4 Å². The Morgan fingerprint density at radius 3 is 2.50 bits per heavy atom. The molecule has 3 rings (SSSR count). The van der Waals surface area contributed by atoms with Crippen LogP contribution in [0.4, 0.5) is 0 Å². The molecule has 2 heterocycles. The minimum atomic E-state index is 0. The molecule has 0 amide bonds. The average Bonchev–Trinajstić information content (AvgIpc) is 3.10. The van der Waals surface area contributed by atoms with E-state index in [1.165, 1.54) is 0 Å². The van der Waals surface area contributed by atoms with Gasteiger partial charge in [0.25, 0.3) is 0 Å². The largest absolute Gasteiger partial charge is 0.379 e. The van der Waals surface area contributed by atoms with Gasteiger partial charge >= 0.3 is 0 Å². The molecule has 0 bridgehead atoms. The van der Waals surface area contributed by atoms with Gasteiger partial charge in [0, 0.05) is 37.9 Å². The van der Waals surface area contributed by atoms with Crippen LogP contribution in [-0.4, -0.2) is 66.1 Å². The zero-order valence-electron chi connectivity index (χ0n) is 20.1. The predicted molar refractivity (Wildman–Crippen MR) is 142 cm³/mol. The Balaban J connectivity index is 0.00000363. The zero-order chi connectivity index (χ0) is 22.2. The molecule has 0 saturated carbocycles. The predicted octanol–water partition coefficient (Wildman–Crippen LogP) is 3.52. The van der Waals surface area contributed by atoms with Crippen LogP contribution in [0.15, 0.2) is 35.3 Å². The number of ether oxygens (including phenoxy) is 1. The van der Waals surface area contributed by atoms with Crippen LogP contribution in [0.3, 0.4) is 0 Å². The Labute approximate surface area is 210 Å². The first-order chi connectivity index (χ1) is 15.0. The van der Waals surface area contributed by atoms with Crippen molar-refractivity contribution in [2.45, 2.75) is 47.2 Å². The van der Waals surface area contributed by atoms with E-state index in [9.17, 15) is 0 Å². The van der Waals surface area contributed by atoms with E-state index in [-0.39, 0.29) is 24.0 Å². The standard InChI is InChI=1S/C24H38N6O.HI/c1-6-25-24(27-17-23(18(2)3)29-11-13-31-14-12-29)26-16-21-9-7-8-10-22(21)30-20(5)15-19(4)28-30;/h7-10,15,18,23H,6,11-14,16-17H2,1-5H3,(H2,25,26,27);1H. The van der Waals surface area contributed by atoms with Crippen LogP contribution in [0.2, 0.25) is 0 Å². The van der Waals surface area contributed by atoms with E-state index in [1.54, 1.807) is 0 Å². The van der Waals surface area contributed by atoms with Gasteiger partial charge in [0.1, 0.15) is 0 Å². The summed E-state index contributed by atoms with van der Waals surface area (Å²) in [6.07, 6.45) is 0. The Morgan fingerprint density at radius 2 is 1.88 bits per heavy atom. The molecule has 178 valence electrons. The molecule has 1 atom stereocenters. The van der Waals surface area contributed by atoms with Gasteiger partial charge in [0.2, 0.25) is 0 Å². The van der Waals surface area contributed by atoms with Crippen molar-refractivity contribution in [3.05, 3.63) is 47.3 Å². The summed E-state index contributed by atoms with van der Waals surface area (Å²) in [5, 5.41) is 11.6. The molecule has 2 aromatic rings. The van der Waals surface area contributed by atoms with E-state index in [4.69, 9.17) is 9.73 Å². The maximum atomic E-state index is 5.53. The highest BCUT2D eigenvalue weighted by Crippen LogP contribution is 2.18. The van der Waals surface area contributed by atoms with Crippen molar-refractivity contribution in [1.29, 1.82) is 0 Å². The number of hydrogen-bond acceptors (Lipinski definition) is 4. The van der Waals surface area contributed by atoms with Gasteiger partial charge in [-0.15, -0.1) is 24.0 Å². The van der Waals surface area contributed by atoms with Gasteiger partial charge in [-0.2, -0.15) is 5.10 Å². The maximum absolute atomic E-state index is 5.53. The van der Waals surface area contributed by atoms with Crippen LogP contribution in [0.5, 0.6) is 0 Å². The third-order valence-corrected chi connectivity index (χ3v) is 5.74. The molecular weight excluding hydrogens is 515 g/mol. The number of aryl methyl sites for hydroxylation is 2. The minimum Gasteiger partial charge on any atom is -0.379 e.